The molecule has 0 spiro atoms. The van der Waals surface area contributed by atoms with Crippen LogP contribution < -0.4 is 4.74 Å². The molecule has 0 aliphatic carbocycles. The maximum atomic E-state index is 12.4. The van der Waals surface area contributed by atoms with E-state index in [2.05, 4.69) is 9.47 Å². The van der Waals surface area contributed by atoms with Gasteiger partial charge in [0.25, 0.3) is 0 Å². The number of hydrogen-bond acceptors (Lipinski definition) is 4. The zero-order valence-corrected chi connectivity index (χ0v) is 22.0. The standard InChI is InChI=1S/C29H45F3O4/c1-35-28(34)20-18-16-14-12-10-8-6-4-2-3-5-7-9-11-13-15-17-19-25-21-22-27(26(23-25)24-33)36-29(30,31)32/h21-24H,2-20H2,1H3. The summed E-state index contributed by atoms with van der Waals surface area (Å²) in [5.74, 6) is -0.545. The van der Waals surface area contributed by atoms with E-state index in [0.29, 0.717) is 12.7 Å². The summed E-state index contributed by atoms with van der Waals surface area (Å²) >= 11 is 0. The molecule has 0 unspecified atom stereocenters. The minimum absolute atomic E-state index is 0.0612. The lowest BCUT2D eigenvalue weighted by Gasteiger charge is -2.11. The maximum Gasteiger partial charge on any atom is 0.573 e. The Morgan fingerprint density at radius 3 is 1.61 bits per heavy atom. The van der Waals surface area contributed by atoms with Crippen LogP contribution in [0, 0.1) is 0 Å². The molecule has 0 saturated carbocycles. The summed E-state index contributed by atoms with van der Waals surface area (Å²) in [5, 5.41) is 0. The van der Waals surface area contributed by atoms with Crippen LogP contribution in [0.5, 0.6) is 5.75 Å². The molecule has 0 N–H and O–H groups in total. The fraction of sp³-hybridized carbons (Fsp3) is 0.724. The first-order valence-corrected chi connectivity index (χ1v) is 13.8. The first-order chi connectivity index (χ1) is 17.4. The zero-order chi connectivity index (χ0) is 26.5. The average Bonchev–Trinajstić information content (AvgIpc) is 2.85. The van der Waals surface area contributed by atoms with E-state index in [-0.39, 0.29) is 11.5 Å². The van der Waals surface area contributed by atoms with Gasteiger partial charge in [0.05, 0.1) is 12.7 Å². The van der Waals surface area contributed by atoms with E-state index in [4.69, 9.17) is 0 Å². The molecule has 0 bridgehead atoms. The van der Waals surface area contributed by atoms with E-state index < -0.39 is 12.1 Å². The lowest BCUT2D eigenvalue weighted by atomic mass is 10.0. The van der Waals surface area contributed by atoms with Crippen LogP contribution in [0.1, 0.15) is 131 Å². The monoisotopic (exact) mass is 514 g/mol. The SMILES string of the molecule is COC(=O)CCCCCCCCCCCCCCCCCCCc1ccc(OC(F)(F)F)c(C=O)c1. The topological polar surface area (TPSA) is 52.6 Å². The van der Waals surface area contributed by atoms with Crippen molar-refractivity contribution in [1.82, 2.24) is 0 Å². The van der Waals surface area contributed by atoms with Crippen LogP contribution in [0.3, 0.4) is 0 Å². The first-order valence-electron chi connectivity index (χ1n) is 13.8. The van der Waals surface area contributed by atoms with Crippen LogP contribution in [0.25, 0.3) is 0 Å². The van der Waals surface area contributed by atoms with Gasteiger partial charge in [0, 0.05) is 6.42 Å². The van der Waals surface area contributed by atoms with Crippen LogP contribution in [0.15, 0.2) is 18.2 Å². The second-order valence-electron chi connectivity index (χ2n) is 9.62. The van der Waals surface area contributed by atoms with Gasteiger partial charge in [0.1, 0.15) is 5.75 Å². The number of methoxy groups -OCH3 is 1. The Morgan fingerprint density at radius 2 is 1.19 bits per heavy atom. The summed E-state index contributed by atoms with van der Waals surface area (Å²) < 4.78 is 45.6. The summed E-state index contributed by atoms with van der Waals surface area (Å²) in [4.78, 5) is 22.1. The Hall–Kier alpha value is -2.05. The predicted octanol–water partition coefficient (Wildman–Crippen LogP) is 9.14. The zero-order valence-electron chi connectivity index (χ0n) is 22.0. The fourth-order valence-electron chi connectivity index (χ4n) is 4.42. The fourth-order valence-corrected chi connectivity index (χ4v) is 4.42. The molecule has 4 nitrogen and oxygen atoms in total. The molecule has 0 radical (unpaired) electrons. The smallest absolute Gasteiger partial charge is 0.469 e. The van der Waals surface area contributed by atoms with Gasteiger partial charge in [-0.2, -0.15) is 0 Å². The van der Waals surface area contributed by atoms with Crippen molar-refractivity contribution in [1.29, 1.82) is 0 Å². The van der Waals surface area contributed by atoms with Crippen molar-refractivity contribution in [3.63, 3.8) is 0 Å². The summed E-state index contributed by atoms with van der Waals surface area (Å²) in [6, 6.07) is 4.32. The van der Waals surface area contributed by atoms with Gasteiger partial charge < -0.3 is 9.47 Å². The molecule has 36 heavy (non-hydrogen) atoms. The molecule has 1 aromatic rings. The lowest BCUT2D eigenvalue weighted by molar-refractivity contribution is -0.274. The Balaban J connectivity index is 1.89. The molecule has 0 atom stereocenters. The Kier molecular flexibility index (Phi) is 17.8. The van der Waals surface area contributed by atoms with Gasteiger partial charge in [-0.25, -0.2) is 0 Å². The van der Waals surface area contributed by atoms with Crippen molar-refractivity contribution < 1.29 is 32.2 Å². The second kappa shape index (κ2) is 20.1. The number of unbranched alkanes of at least 4 members (excludes halogenated alkanes) is 16. The quantitative estimate of drug-likeness (QED) is 0.0879. The number of halogens is 3. The van der Waals surface area contributed by atoms with Crippen LogP contribution in [-0.2, 0) is 16.0 Å². The molecule has 1 rings (SSSR count). The van der Waals surface area contributed by atoms with Crippen molar-refractivity contribution in [3.8, 4) is 5.75 Å². The van der Waals surface area contributed by atoms with Crippen molar-refractivity contribution >= 4 is 12.3 Å². The summed E-state index contributed by atoms with van der Waals surface area (Å²) in [5.41, 5.74) is 0.802. The predicted molar refractivity (Wildman–Crippen MR) is 137 cm³/mol. The van der Waals surface area contributed by atoms with Gasteiger partial charge >= 0.3 is 12.3 Å². The van der Waals surface area contributed by atoms with Crippen LogP contribution >= 0.6 is 0 Å². The van der Waals surface area contributed by atoms with Crippen LogP contribution in [0.2, 0.25) is 0 Å². The van der Waals surface area contributed by atoms with Gasteiger partial charge in [-0.3, -0.25) is 9.59 Å². The number of aryl methyl sites for hydroxylation is 1. The number of hydrogen-bond donors (Lipinski definition) is 0. The van der Waals surface area contributed by atoms with E-state index in [1.54, 1.807) is 6.07 Å². The molecular formula is C29H45F3O4. The maximum absolute atomic E-state index is 12.4. The Bertz CT molecular complexity index is 719. The Labute approximate surface area is 215 Å². The summed E-state index contributed by atoms with van der Waals surface area (Å²) in [6.45, 7) is 0. The summed E-state index contributed by atoms with van der Waals surface area (Å²) in [6.07, 6.45) is 17.7. The minimum Gasteiger partial charge on any atom is -0.469 e. The molecule has 1 aromatic carbocycles. The van der Waals surface area contributed by atoms with Crippen LogP contribution in [0.4, 0.5) is 13.2 Å². The average molecular weight is 515 g/mol. The van der Waals surface area contributed by atoms with Gasteiger partial charge in [-0.15, -0.1) is 13.2 Å². The van der Waals surface area contributed by atoms with Gasteiger partial charge in [0.2, 0.25) is 0 Å². The molecule has 0 heterocycles. The normalized spacial score (nSPS) is 11.4. The van der Waals surface area contributed by atoms with Crippen molar-refractivity contribution in [3.05, 3.63) is 29.3 Å². The van der Waals surface area contributed by atoms with E-state index in [9.17, 15) is 22.8 Å². The number of aldehydes is 1. The molecule has 0 aliphatic rings. The highest BCUT2D eigenvalue weighted by atomic mass is 19.4. The third kappa shape index (κ3) is 17.4. The highest BCUT2D eigenvalue weighted by molar-refractivity contribution is 5.79. The number of alkyl halides is 3. The molecule has 206 valence electrons. The second-order valence-corrected chi connectivity index (χ2v) is 9.62. The number of esters is 1. The third-order valence-electron chi connectivity index (χ3n) is 6.50. The van der Waals surface area contributed by atoms with Gasteiger partial charge in [0.15, 0.2) is 6.29 Å². The minimum atomic E-state index is -4.80. The van der Waals surface area contributed by atoms with Crippen LogP contribution in [-0.4, -0.2) is 25.7 Å². The first kappa shape index (κ1) is 32.0. The molecule has 0 aliphatic heterocycles. The highest BCUT2D eigenvalue weighted by Gasteiger charge is 2.32. The number of rotatable bonds is 22. The number of carbonyl (C=O) groups excluding carboxylic acids is 2. The van der Waals surface area contributed by atoms with Gasteiger partial charge in [-0.05, 0) is 37.0 Å². The van der Waals surface area contributed by atoms with Crippen molar-refractivity contribution in [2.24, 2.45) is 0 Å². The number of ether oxygens (including phenoxy) is 2. The van der Waals surface area contributed by atoms with E-state index >= 15 is 0 Å². The molecule has 0 saturated heterocycles. The number of carbonyl (C=O) groups is 2. The van der Waals surface area contributed by atoms with Crippen molar-refractivity contribution in [2.75, 3.05) is 7.11 Å². The molecule has 0 fully saturated rings. The van der Waals surface area contributed by atoms with E-state index in [1.165, 1.54) is 103 Å². The lowest BCUT2D eigenvalue weighted by Crippen LogP contribution is -2.18. The third-order valence-corrected chi connectivity index (χ3v) is 6.50. The van der Waals surface area contributed by atoms with Crippen molar-refractivity contribution in [2.45, 2.75) is 128 Å². The largest absolute Gasteiger partial charge is 0.573 e. The van der Waals surface area contributed by atoms with E-state index in [1.807, 2.05) is 0 Å². The summed E-state index contributed by atoms with van der Waals surface area (Å²) in [7, 11) is 1.44. The molecule has 7 heteroatoms. The van der Waals surface area contributed by atoms with Gasteiger partial charge in [-0.1, -0.05) is 102 Å². The molecular weight excluding hydrogens is 469 g/mol. The highest BCUT2D eigenvalue weighted by Crippen LogP contribution is 2.27. The molecule has 0 amide bonds. The Morgan fingerprint density at radius 1 is 0.750 bits per heavy atom. The number of benzene rings is 1. The van der Waals surface area contributed by atoms with E-state index in [0.717, 1.165) is 37.7 Å². The molecule has 0 aromatic heterocycles.